The number of nitrogens with two attached hydrogens (primary N) is 1. The number of rotatable bonds is 3. The Labute approximate surface area is 103 Å². The zero-order valence-electron chi connectivity index (χ0n) is 10.7. The van der Waals surface area contributed by atoms with Gasteiger partial charge in [-0.05, 0) is 38.5 Å². The van der Waals surface area contributed by atoms with Crippen molar-refractivity contribution in [2.24, 2.45) is 5.92 Å². The number of nitrogens with one attached hydrogen (secondary N) is 1. The van der Waals surface area contributed by atoms with Gasteiger partial charge in [0, 0.05) is 17.8 Å². The van der Waals surface area contributed by atoms with Gasteiger partial charge >= 0.3 is 0 Å². The van der Waals surface area contributed by atoms with Crippen molar-refractivity contribution in [3.63, 3.8) is 0 Å². The molecule has 17 heavy (non-hydrogen) atoms. The highest BCUT2D eigenvalue weighted by molar-refractivity contribution is 5.45. The van der Waals surface area contributed by atoms with Crippen LogP contribution in [0.1, 0.15) is 44.6 Å². The maximum absolute atomic E-state index is 5.61. The lowest BCUT2D eigenvalue weighted by Gasteiger charge is -2.29. The van der Waals surface area contributed by atoms with Gasteiger partial charge in [-0.2, -0.15) is 4.98 Å². The van der Waals surface area contributed by atoms with Crippen molar-refractivity contribution in [2.75, 3.05) is 11.1 Å². The Hall–Kier alpha value is -1.32. The number of hydrogen-bond donors (Lipinski definition) is 2. The van der Waals surface area contributed by atoms with Gasteiger partial charge < -0.3 is 11.1 Å². The molecule has 1 aliphatic rings. The second-order valence-corrected chi connectivity index (χ2v) is 5.03. The first-order valence-electron chi connectivity index (χ1n) is 6.54. The van der Waals surface area contributed by atoms with Crippen LogP contribution in [0.25, 0.3) is 0 Å². The quantitative estimate of drug-likeness (QED) is 0.844. The maximum Gasteiger partial charge on any atom is 0.221 e. The molecule has 1 heterocycles. The second kappa shape index (κ2) is 5.34. The van der Waals surface area contributed by atoms with Crippen LogP contribution < -0.4 is 11.1 Å². The summed E-state index contributed by atoms with van der Waals surface area (Å²) in [7, 11) is 0. The molecule has 0 atom stereocenters. The Morgan fingerprint density at radius 2 is 2.06 bits per heavy atom. The van der Waals surface area contributed by atoms with Gasteiger partial charge in [0.2, 0.25) is 5.95 Å². The predicted molar refractivity (Wildman–Crippen MR) is 70.8 cm³/mol. The number of hydrogen-bond acceptors (Lipinski definition) is 4. The van der Waals surface area contributed by atoms with Crippen LogP contribution in [0.3, 0.4) is 0 Å². The molecule has 3 N–H and O–H groups in total. The Balaban J connectivity index is 1.95. The molecule has 0 unspecified atom stereocenters. The smallest absolute Gasteiger partial charge is 0.221 e. The molecule has 1 aromatic heterocycles. The van der Waals surface area contributed by atoms with E-state index in [0.717, 1.165) is 17.3 Å². The van der Waals surface area contributed by atoms with Crippen LogP contribution >= 0.6 is 0 Å². The number of anilines is 2. The van der Waals surface area contributed by atoms with E-state index >= 15 is 0 Å². The van der Waals surface area contributed by atoms with Crippen molar-refractivity contribution in [3.8, 4) is 0 Å². The standard InChI is InChI=1S/C13H22N4/c1-3-10-4-6-11(7-5-10)16-12-9(2)8-15-13(14)17-12/h8,10-11H,3-7H2,1-2H3,(H3,14,15,16,17). The summed E-state index contributed by atoms with van der Waals surface area (Å²) < 4.78 is 0. The van der Waals surface area contributed by atoms with Crippen LogP contribution in [0.5, 0.6) is 0 Å². The van der Waals surface area contributed by atoms with E-state index in [2.05, 4.69) is 22.2 Å². The molecule has 0 aliphatic heterocycles. The summed E-state index contributed by atoms with van der Waals surface area (Å²) in [5.41, 5.74) is 6.68. The molecule has 0 amide bonds. The minimum absolute atomic E-state index is 0.348. The van der Waals surface area contributed by atoms with Crippen LogP contribution in [0, 0.1) is 12.8 Å². The zero-order chi connectivity index (χ0) is 12.3. The van der Waals surface area contributed by atoms with Gasteiger partial charge in [0.05, 0.1) is 0 Å². The van der Waals surface area contributed by atoms with E-state index < -0.39 is 0 Å². The lowest BCUT2D eigenvalue weighted by atomic mass is 9.84. The maximum atomic E-state index is 5.61. The number of nitrogens with zero attached hydrogens (tertiary/aromatic N) is 2. The number of aromatic nitrogens is 2. The summed E-state index contributed by atoms with van der Waals surface area (Å²) in [6.45, 7) is 4.30. The Bertz CT molecular complexity index is 370. The second-order valence-electron chi connectivity index (χ2n) is 5.03. The molecule has 94 valence electrons. The van der Waals surface area contributed by atoms with Crippen LogP contribution in [-0.2, 0) is 0 Å². The van der Waals surface area contributed by atoms with Gasteiger partial charge in [0.15, 0.2) is 0 Å². The largest absolute Gasteiger partial charge is 0.368 e. The summed E-state index contributed by atoms with van der Waals surface area (Å²) in [4.78, 5) is 8.25. The first-order valence-corrected chi connectivity index (χ1v) is 6.54. The number of nitrogen functional groups attached to an aromatic ring is 1. The Kier molecular flexibility index (Phi) is 3.82. The van der Waals surface area contributed by atoms with E-state index in [0.29, 0.717) is 12.0 Å². The molecule has 1 fully saturated rings. The Morgan fingerprint density at radius 1 is 1.35 bits per heavy atom. The highest BCUT2D eigenvalue weighted by Crippen LogP contribution is 2.28. The van der Waals surface area contributed by atoms with E-state index in [1.54, 1.807) is 6.20 Å². The van der Waals surface area contributed by atoms with Crippen LogP contribution in [0.4, 0.5) is 11.8 Å². The summed E-state index contributed by atoms with van der Waals surface area (Å²) >= 11 is 0. The van der Waals surface area contributed by atoms with Crippen molar-refractivity contribution in [2.45, 2.75) is 52.0 Å². The molecule has 2 rings (SSSR count). The molecule has 0 aromatic carbocycles. The highest BCUT2D eigenvalue weighted by Gasteiger charge is 2.20. The van der Waals surface area contributed by atoms with Crippen LogP contribution in [-0.4, -0.2) is 16.0 Å². The average molecular weight is 234 g/mol. The van der Waals surface area contributed by atoms with Gasteiger partial charge in [-0.25, -0.2) is 4.98 Å². The molecule has 4 heteroatoms. The van der Waals surface area contributed by atoms with Gasteiger partial charge in [0.1, 0.15) is 5.82 Å². The fourth-order valence-electron chi connectivity index (χ4n) is 2.51. The van der Waals surface area contributed by atoms with E-state index in [9.17, 15) is 0 Å². The van der Waals surface area contributed by atoms with E-state index in [-0.39, 0.29) is 0 Å². The van der Waals surface area contributed by atoms with Crippen LogP contribution in [0.2, 0.25) is 0 Å². The molecule has 1 aliphatic carbocycles. The SMILES string of the molecule is CCC1CCC(Nc2nc(N)ncc2C)CC1. The lowest BCUT2D eigenvalue weighted by Crippen LogP contribution is -2.26. The van der Waals surface area contributed by atoms with Crippen molar-refractivity contribution >= 4 is 11.8 Å². The number of aryl methyl sites for hydroxylation is 1. The molecule has 4 nitrogen and oxygen atoms in total. The van der Waals surface area contributed by atoms with E-state index in [4.69, 9.17) is 5.73 Å². The van der Waals surface area contributed by atoms with E-state index in [1.807, 2.05) is 6.92 Å². The fraction of sp³-hybridized carbons (Fsp3) is 0.692. The van der Waals surface area contributed by atoms with Gasteiger partial charge in [-0.1, -0.05) is 13.3 Å². The highest BCUT2D eigenvalue weighted by atomic mass is 15.1. The first kappa shape index (κ1) is 12.1. The third-order valence-corrected chi connectivity index (χ3v) is 3.76. The third-order valence-electron chi connectivity index (χ3n) is 3.76. The zero-order valence-corrected chi connectivity index (χ0v) is 10.7. The molecular weight excluding hydrogens is 212 g/mol. The van der Waals surface area contributed by atoms with Crippen molar-refractivity contribution in [1.82, 2.24) is 9.97 Å². The summed E-state index contributed by atoms with van der Waals surface area (Å²) in [5.74, 6) is 2.17. The minimum Gasteiger partial charge on any atom is -0.368 e. The molecule has 0 saturated heterocycles. The van der Waals surface area contributed by atoms with E-state index in [1.165, 1.54) is 32.1 Å². The monoisotopic (exact) mass is 234 g/mol. The summed E-state index contributed by atoms with van der Waals surface area (Å²) in [6.07, 6.45) is 8.22. The fourth-order valence-corrected chi connectivity index (χ4v) is 2.51. The molecule has 0 spiro atoms. The molecular formula is C13H22N4. The topological polar surface area (TPSA) is 63.8 Å². The van der Waals surface area contributed by atoms with Gasteiger partial charge in [-0.3, -0.25) is 0 Å². The lowest BCUT2D eigenvalue weighted by molar-refractivity contribution is 0.330. The van der Waals surface area contributed by atoms with Gasteiger partial charge in [-0.15, -0.1) is 0 Å². The van der Waals surface area contributed by atoms with Gasteiger partial charge in [0.25, 0.3) is 0 Å². The first-order chi connectivity index (χ1) is 8.19. The molecule has 0 radical (unpaired) electrons. The normalized spacial score (nSPS) is 24.6. The third kappa shape index (κ3) is 3.08. The minimum atomic E-state index is 0.348. The molecule has 1 saturated carbocycles. The van der Waals surface area contributed by atoms with Crippen LogP contribution in [0.15, 0.2) is 6.20 Å². The predicted octanol–water partition coefficient (Wildman–Crippen LogP) is 2.75. The Morgan fingerprint density at radius 3 is 2.71 bits per heavy atom. The average Bonchev–Trinajstić information content (AvgIpc) is 2.35. The molecule has 0 bridgehead atoms. The van der Waals surface area contributed by atoms with Crippen molar-refractivity contribution in [3.05, 3.63) is 11.8 Å². The summed E-state index contributed by atoms with van der Waals surface area (Å²) in [6, 6.07) is 0.547. The van der Waals surface area contributed by atoms with Crippen molar-refractivity contribution < 1.29 is 0 Å². The summed E-state index contributed by atoms with van der Waals surface area (Å²) in [5, 5.41) is 3.50. The van der Waals surface area contributed by atoms with Crippen molar-refractivity contribution in [1.29, 1.82) is 0 Å². The molecule has 1 aromatic rings.